The Morgan fingerprint density at radius 2 is 1.62 bits per heavy atom. The van der Waals surface area contributed by atoms with Gasteiger partial charge in [-0.1, -0.05) is 59.6 Å². The summed E-state index contributed by atoms with van der Waals surface area (Å²) in [5.41, 5.74) is 7.81. The number of pyridine rings is 1. The first-order valence-electron chi connectivity index (χ1n) is 14.2. The van der Waals surface area contributed by atoms with E-state index < -0.39 is 8.07 Å². The normalized spacial score (nSPS) is 11.5. The first-order chi connectivity index (χ1) is 20.0. The maximum absolute atomic E-state index is 13.7. The number of carbonyl (C=O) groups is 1. The smallest absolute Gasteiger partial charge is 0.258 e. The minimum absolute atomic E-state index is 0.170. The first-order valence-corrected chi connectivity index (χ1v) is 16.4. The number of anilines is 3. The molecule has 2 N–H and O–H groups in total. The molecule has 42 heavy (non-hydrogen) atoms. The Morgan fingerprint density at radius 3 is 2.21 bits per heavy atom. The summed E-state index contributed by atoms with van der Waals surface area (Å²) in [6.45, 7) is 15.0. The van der Waals surface area contributed by atoms with Gasteiger partial charge in [0.25, 0.3) is 5.56 Å². The van der Waals surface area contributed by atoms with Crippen molar-refractivity contribution in [3.05, 3.63) is 76.7 Å². The van der Waals surface area contributed by atoms with Crippen molar-refractivity contribution in [2.24, 2.45) is 0 Å². The largest absolute Gasteiger partial charge is 0.495 e. The van der Waals surface area contributed by atoms with Crippen LogP contribution in [0, 0.1) is 11.5 Å². The zero-order chi connectivity index (χ0) is 30.6. The number of benzene rings is 2. The number of ether oxygens (including phenoxy) is 1. The molecule has 218 valence electrons. The van der Waals surface area contributed by atoms with Gasteiger partial charge in [-0.25, -0.2) is 4.98 Å². The molecule has 0 fully saturated rings. The summed E-state index contributed by atoms with van der Waals surface area (Å²) >= 11 is 0. The second-order valence-corrected chi connectivity index (χ2v) is 16.9. The molecule has 9 heteroatoms. The predicted molar refractivity (Wildman–Crippen MR) is 174 cm³/mol. The lowest BCUT2D eigenvalue weighted by atomic mass is 10.1. The molecule has 2 aromatic carbocycles. The molecular weight excluding hydrogens is 542 g/mol. The predicted octanol–water partition coefficient (Wildman–Crippen LogP) is 7.06. The van der Waals surface area contributed by atoms with E-state index in [0.29, 0.717) is 62.0 Å². The van der Waals surface area contributed by atoms with Gasteiger partial charge in [-0.15, -0.1) is 5.54 Å². The number of amides is 1. The quantitative estimate of drug-likeness (QED) is 0.171. The third-order valence-electron chi connectivity index (χ3n) is 7.84. The molecule has 4 rings (SSSR count). The van der Waals surface area contributed by atoms with Crippen molar-refractivity contribution in [3.63, 3.8) is 0 Å². The second kappa shape index (κ2) is 12.6. The van der Waals surface area contributed by atoms with Crippen LogP contribution in [0.5, 0.6) is 5.75 Å². The Bertz CT molecular complexity index is 1690. The highest BCUT2D eigenvalue weighted by Gasteiger charge is 2.41. The summed E-state index contributed by atoms with van der Waals surface area (Å²) in [6, 6.07) is 16.1. The van der Waals surface area contributed by atoms with Crippen molar-refractivity contribution in [2.45, 2.75) is 65.1 Å². The van der Waals surface area contributed by atoms with Crippen molar-refractivity contribution in [3.8, 4) is 22.9 Å². The number of carbonyl (C=O) groups excluding carboxylic acids is 1. The van der Waals surface area contributed by atoms with Gasteiger partial charge in [0.15, 0.2) is 5.65 Å². The summed E-state index contributed by atoms with van der Waals surface area (Å²) < 4.78 is 7.03. The van der Waals surface area contributed by atoms with Gasteiger partial charge in [0.1, 0.15) is 13.8 Å². The summed E-state index contributed by atoms with van der Waals surface area (Å²) in [7, 11) is -0.455. The fourth-order valence-electron chi connectivity index (χ4n) is 5.89. The Kier molecular flexibility index (Phi) is 9.17. The Hall–Kier alpha value is -4.42. The van der Waals surface area contributed by atoms with Crippen LogP contribution >= 0.6 is 0 Å². The molecule has 8 nitrogen and oxygen atoms in total. The molecule has 0 bridgehead atoms. The lowest BCUT2D eigenvalue weighted by molar-refractivity contribution is -0.114. The Morgan fingerprint density at radius 1 is 0.976 bits per heavy atom. The fraction of sp³-hybridized carbons (Fsp3) is 0.333. The summed E-state index contributed by atoms with van der Waals surface area (Å²) in [6.07, 6.45) is 1.72. The number of rotatable bonds is 8. The van der Waals surface area contributed by atoms with Crippen LogP contribution in [0.15, 0.2) is 65.6 Å². The van der Waals surface area contributed by atoms with Gasteiger partial charge in [0, 0.05) is 30.4 Å². The van der Waals surface area contributed by atoms with E-state index in [0.717, 1.165) is 0 Å². The SMILES string of the molecule is COc1ccccc1Nc1ncc2c(C#C[Si](C(C)C)(C(C)C)C(C)C)cc(=O)n(-c3ccc(NC(C)=O)cc3)c2n1. The Labute approximate surface area is 248 Å². The molecule has 0 atom stereocenters. The van der Waals surface area contributed by atoms with Gasteiger partial charge in [-0.2, -0.15) is 4.98 Å². The lowest BCUT2D eigenvalue weighted by Gasteiger charge is -2.38. The second-order valence-electron chi connectivity index (χ2n) is 11.4. The molecule has 1 amide bonds. The molecule has 0 aliphatic carbocycles. The van der Waals surface area contributed by atoms with Crippen LogP contribution in [0.1, 0.15) is 54.0 Å². The van der Waals surface area contributed by atoms with Crippen molar-refractivity contribution in [2.75, 3.05) is 17.7 Å². The molecule has 2 aromatic heterocycles. The van der Waals surface area contributed by atoms with E-state index >= 15 is 0 Å². The fourth-order valence-corrected chi connectivity index (χ4v) is 11.1. The van der Waals surface area contributed by atoms with Crippen LogP contribution in [-0.4, -0.2) is 35.6 Å². The van der Waals surface area contributed by atoms with E-state index in [4.69, 9.17) is 9.72 Å². The molecule has 0 spiro atoms. The van der Waals surface area contributed by atoms with Crippen LogP contribution < -0.4 is 20.9 Å². The highest BCUT2D eigenvalue weighted by molar-refractivity contribution is 6.90. The van der Waals surface area contributed by atoms with Crippen molar-refractivity contribution < 1.29 is 9.53 Å². The van der Waals surface area contributed by atoms with Crippen molar-refractivity contribution in [1.29, 1.82) is 0 Å². The van der Waals surface area contributed by atoms with Crippen LogP contribution in [0.25, 0.3) is 16.7 Å². The van der Waals surface area contributed by atoms with Gasteiger partial charge in [0.2, 0.25) is 11.9 Å². The minimum Gasteiger partial charge on any atom is -0.495 e. The van der Waals surface area contributed by atoms with Crippen molar-refractivity contribution >= 4 is 42.3 Å². The maximum Gasteiger partial charge on any atom is 0.258 e. The van der Waals surface area contributed by atoms with Gasteiger partial charge in [-0.3, -0.25) is 14.2 Å². The third-order valence-corrected chi connectivity index (χ3v) is 14.1. The zero-order valence-electron chi connectivity index (χ0n) is 25.6. The van der Waals surface area contributed by atoms with Crippen LogP contribution in [0.3, 0.4) is 0 Å². The number of aromatic nitrogens is 3. The molecule has 0 radical (unpaired) electrons. The third kappa shape index (κ3) is 6.09. The molecule has 0 aliphatic rings. The molecule has 0 saturated heterocycles. The van der Waals surface area contributed by atoms with Gasteiger partial charge in [0.05, 0.1) is 23.9 Å². The summed E-state index contributed by atoms with van der Waals surface area (Å²) in [5, 5.41) is 6.67. The summed E-state index contributed by atoms with van der Waals surface area (Å²) in [5.74, 6) is 4.23. The van der Waals surface area contributed by atoms with Crippen molar-refractivity contribution in [1.82, 2.24) is 14.5 Å². The number of fused-ring (bicyclic) bond motifs is 1. The maximum atomic E-state index is 13.7. The Balaban J connectivity index is 1.95. The van der Waals surface area contributed by atoms with E-state index in [1.807, 2.05) is 24.3 Å². The van der Waals surface area contributed by atoms with Gasteiger partial charge >= 0.3 is 0 Å². The number of nitrogens with one attached hydrogen (secondary N) is 2. The van der Waals surface area contributed by atoms with E-state index in [1.54, 1.807) is 48.2 Å². The average Bonchev–Trinajstić information content (AvgIpc) is 2.93. The van der Waals surface area contributed by atoms with Crippen LogP contribution in [0.4, 0.5) is 17.3 Å². The van der Waals surface area contributed by atoms with E-state index in [-0.39, 0.29) is 11.5 Å². The number of nitrogens with zero attached hydrogens (tertiary/aromatic N) is 3. The molecule has 0 saturated carbocycles. The molecule has 0 aliphatic heterocycles. The average molecular weight is 582 g/mol. The minimum atomic E-state index is -2.06. The van der Waals surface area contributed by atoms with Crippen LogP contribution in [-0.2, 0) is 4.79 Å². The molecule has 2 heterocycles. The molecular formula is C33H39N5O3Si. The number of methoxy groups -OCH3 is 1. The monoisotopic (exact) mass is 581 g/mol. The highest BCUT2D eigenvalue weighted by Crippen LogP contribution is 2.41. The standard InChI is InChI=1S/C33H39N5O3Si/c1-21(2)42(22(3)4,23(5)6)18-17-25-19-31(40)38(27-15-13-26(14-16-27)35-24(7)39)32-28(25)20-34-33(37-32)36-29-11-9-10-12-30(29)41-8/h9-16,19-23H,1-8H3,(H,35,39)(H,34,36,37). The molecule has 4 aromatic rings. The van der Waals surface area contributed by atoms with E-state index in [2.05, 4.69) is 68.6 Å². The van der Waals surface area contributed by atoms with Gasteiger partial charge < -0.3 is 15.4 Å². The summed E-state index contributed by atoms with van der Waals surface area (Å²) in [4.78, 5) is 34.7. The number of hydrogen-bond donors (Lipinski definition) is 2. The van der Waals surface area contributed by atoms with E-state index in [9.17, 15) is 9.59 Å². The number of para-hydroxylation sites is 2. The highest BCUT2D eigenvalue weighted by atomic mass is 28.3. The van der Waals surface area contributed by atoms with E-state index in [1.165, 1.54) is 6.92 Å². The van der Waals surface area contributed by atoms with Gasteiger partial charge in [-0.05, 0) is 53.0 Å². The topological polar surface area (TPSA) is 98.1 Å². The number of hydrogen-bond acceptors (Lipinski definition) is 6. The zero-order valence-corrected chi connectivity index (χ0v) is 26.6. The molecule has 0 unspecified atom stereocenters. The van der Waals surface area contributed by atoms with Crippen LogP contribution in [0.2, 0.25) is 16.6 Å². The lowest BCUT2D eigenvalue weighted by Crippen LogP contribution is -2.43. The first kappa shape index (κ1) is 30.5.